The van der Waals surface area contributed by atoms with Crippen molar-refractivity contribution in [3.8, 4) is 5.75 Å². The zero-order chi connectivity index (χ0) is 17.0. The van der Waals surface area contributed by atoms with E-state index >= 15 is 0 Å². The van der Waals surface area contributed by atoms with Crippen LogP contribution in [0.15, 0.2) is 12.1 Å². The summed E-state index contributed by atoms with van der Waals surface area (Å²) in [7, 11) is 0. The Kier molecular flexibility index (Phi) is 6.31. The minimum absolute atomic E-state index is 0.00585. The minimum atomic E-state index is -0.851. The van der Waals surface area contributed by atoms with Gasteiger partial charge in [0, 0.05) is 17.5 Å². The summed E-state index contributed by atoms with van der Waals surface area (Å²) in [5, 5.41) is 9.25. The van der Waals surface area contributed by atoms with Crippen molar-refractivity contribution in [1.29, 1.82) is 0 Å². The number of halogens is 1. The first kappa shape index (κ1) is 18.1. The van der Waals surface area contributed by atoms with Gasteiger partial charge in [-0.05, 0) is 31.4 Å². The zero-order valence-corrected chi connectivity index (χ0v) is 14.6. The number of fused-ring (bicyclic) bond motifs is 1. The molecule has 0 bridgehead atoms. The molecule has 0 amide bonds. The highest BCUT2D eigenvalue weighted by Gasteiger charge is 2.29. The van der Waals surface area contributed by atoms with Crippen molar-refractivity contribution >= 4 is 17.6 Å². The molecule has 1 aromatic rings. The maximum Gasteiger partial charge on any atom is 0.307 e. The van der Waals surface area contributed by atoms with E-state index in [1.165, 1.54) is 32.1 Å². The lowest BCUT2D eigenvalue weighted by Crippen LogP contribution is -2.22. The Bertz CT molecular complexity index is 555. The second kappa shape index (κ2) is 8.02. The van der Waals surface area contributed by atoms with E-state index in [9.17, 15) is 4.79 Å². The number of hydrogen-bond acceptors (Lipinski definition) is 3. The molecule has 1 heterocycles. The molecule has 0 spiro atoms. The van der Waals surface area contributed by atoms with Crippen molar-refractivity contribution in [1.82, 2.24) is 0 Å². The van der Waals surface area contributed by atoms with Gasteiger partial charge >= 0.3 is 5.97 Å². The number of carboxylic acid groups (broad SMARTS) is 1. The van der Waals surface area contributed by atoms with Crippen molar-refractivity contribution in [2.45, 2.75) is 70.4 Å². The average molecular weight is 340 g/mol. The lowest BCUT2D eigenvalue weighted by atomic mass is 9.96. The van der Waals surface area contributed by atoms with Crippen LogP contribution in [-0.4, -0.2) is 23.2 Å². The van der Waals surface area contributed by atoms with Crippen molar-refractivity contribution in [3.63, 3.8) is 0 Å². The Labute approximate surface area is 143 Å². The molecule has 0 aromatic heterocycles. The Morgan fingerprint density at radius 1 is 1.30 bits per heavy atom. The molecule has 3 rings (SSSR count). The molecule has 1 aromatic carbocycles. The van der Waals surface area contributed by atoms with Gasteiger partial charge in [-0.3, -0.25) is 4.79 Å². The van der Waals surface area contributed by atoms with Crippen LogP contribution in [0.1, 0.15) is 63.0 Å². The van der Waals surface area contributed by atoms with Gasteiger partial charge < -0.3 is 15.6 Å². The van der Waals surface area contributed by atoms with Crippen molar-refractivity contribution in [3.05, 3.63) is 28.3 Å². The van der Waals surface area contributed by atoms with Gasteiger partial charge in [-0.25, -0.2) is 0 Å². The number of rotatable bonds is 2. The molecule has 1 saturated carbocycles. The number of benzene rings is 1. The van der Waals surface area contributed by atoms with Crippen LogP contribution < -0.4 is 10.5 Å². The third-order valence-corrected chi connectivity index (χ3v) is 4.92. The van der Waals surface area contributed by atoms with E-state index in [0.717, 1.165) is 11.1 Å². The normalized spacial score (nSPS) is 23.5. The fourth-order valence-corrected chi connectivity index (χ4v) is 3.38. The molecular weight excluding hydrogens is 314 g/mol. The summed E-state index contributed by atoms with van der Waals surface area (Å²) >= 11 is 6.07. The maximum absolute atomic E-state index is 10.7. The smallest absolute Gasteiger partial charge is 0.307 e. The second-order valence-electron chi connectivity index (χ2n) is 6.58. The van der Waals surface area contributed by atoms with Gasteiger partial charge in [-0.2, -0.15) is 0 Å². The Morgan fingerprint density at radius 3 is 2.48 bits per heavy atom. The Morgan fingerprint density at radius 2 is 1.96 bits per heavy atom. The first-order chi connectivity index (χ1) is 10.9. The SMILES string of the molecule is CC1Oc2c(Cl)cc(CC(=O)O)cc2C1C.NC1CCCCC1. The molecule has 0 radical (unpaired) electrons. The third kappa shape index (κ3) is 4.85. The highest BCUT2D eigenvalue weighted by Crippen LogP contribution is 2.43. The molecule has 3 N–H and O–H groups in total. The fourth-order valence-electron chi connectivity index (χ4n) is 3.09. The van der Waals surface area contributed by atoms with Crippen molar-refractivity contribution in [2.75, 3.05) is 0 Å². The van der Waals surface area contributed by atoms with E-state index in [2.05, 4.69) is 6.92 Å². The number of nitrogens with two attached hydrogens (primary N) is 1. The molecular formula is C18H26ClNO3. The number of ether oxygens (including phenoxy) is 1. The monoisotopic (exact) mass is 339 g/mol. The summed E-state index contributed by atoms with van der Waals surface area (Å²) < 4.78 is 5.63. The van der Waals surface area contributed by atoms with Crippen LogP contribution in [0.2, 0.25) is 5.02 Å². The predicted molar refractivity (Wildman–Crippen MR) is 92.4 cm³/mol. The highest BCUT2D eigenvalue weighted by atomic mass is 35.5. The number of hydrogen-bond donors (Lipinski definition) is 2. The third-order valence-electron chi connectivity index (χ3n) is 4.64. The molecule has 0 saturated heterocycles. The zero-order valence-electron chi connectivity index (χ0n) is 13.8. The maximum atomic E-state index is 10.7. The molecule has 23 heavy (non-hydrogen) atoms. The summed E-state index contributed by atoms with van der Waals surface area (Å²) in [5.74, 6) is 0.104. The first-order valence-corrected chi connectivity index (χ1v) is 8.72. The van der Waals surface area contributed by atoms with Gasteiger partial charge in [0.15, 0.2) is 0 Å². The topological polar surface area (TPSA) is 72.5 Å². The molecule has 2 atom stereocenters. The minimum Gasteiger partial charge on any atom is -0.488 e. The van der Waals surface area contributed by atoms with Crippen molar-refractivity contribution < 1.29 is 14.6 Å². The van der Waals surface area contributed by atoms with Gasteiger partial charge in [-0.1, -0.05) is 43.9 Å². The van der Waals surface area contributed by atoms with Gasteiger partial charge in [0.2, 0.25) is 0 Å². The quantitative estimate of drug-likeness (QED) is 0.849. The predicted octanol–water partition coefficient (Wildman–Crippen LogP) is 4.13. The van der Waals surface area contributed by atoms with Crippen LogP contribution in [-0.2, 0) is 11.2 Å². The molecule has 1 aliphatic carbocycles. The molecule has 4 nitrogen and oxygen atoms in total. The molecule has 128 valence electrons. The summed E-state index contributed by atoms with van der Waals surface area (Å²) in [5.41, 5.74) is 7.37. The summed E-state index contributed by atoms with van der Waals surface area (Å²) in [6.07, 6.45) is 6.75. The van der Waals surface area contributed by atoms with Crippen LogP contribution in [0, 0.1) is 0 Å². The summed E-state index contributed by atoms with van der Waals surface area (Å²) in [4.78, 5) is 10.7. The van der Waals surface area contributed by atoms with E-state index in [-0.39, 0.29) is 18.4 Å². The van der Waals surface area contributed by atoms with Gasteiger partial charge in [-0.15, -0.1) is 0 Å². The highest BCUT2D eigenvalue weighted by molar-refractivity contribution is 6.32. The van der Waals surface area contributed by atoms with Crippen LogP contribution in [0.5, 0.6) is 5.75 Å². The summed E-state index contributed by atoms with van der Waals surface area (Å²) in [6.45, 7) is 4.04. The lowest BCUT2D eigenvalue weighted by molar-refractivity contribution is -0.136. The Balaban J connectivity index is 0.000000229. The van der Waals surface area contributed by atoms with Gasteiger partial charge in [0.25, 0.3) is 0 Å². The lowest BCUT2D eigenvalue weighted by Gasteiger charge is -2.15. The second-order valence-corrected chi connectivity index (χ2v) is 6.98. The van der Waals surface area contributed by atoms with E-state index in [0.29, 0.717) is 16.8 Å². The Hall–Kier alpha value is -1.26. The van der Waals surface area contributed by atoms with E-state index in [1.54, 1.807) is 6.07 Å². The van der Waals surface area contributed by atoms with Crippen LogP contribution in [0.4, 0.5) is 0 Å². The first-order valence-electron chi connectivity index (χ1n) is 8.34. The molecule has 1 fully saturated rings. The van der Waals surface area contributed by atoms with Crippen LogP contribution in [0.3, 0.4) is 0 Å². The van der Waals surface area contributed by atoms with Crippen LogP contribution in [0.25, 0.3) is 0 Å². The fraction of sp³-hybridized carbons (Fsp3) is 0.611. The van der Waals surface area contributed by atoms with E-state index in [4.69, 9.17) is 27.2 Å². The average Bonchev–Trinajstić information content (AvgIpc) is 2.77. The van der Waals surface area contributed by atoms with Gasteiger partial charge in [0.05, 0.1) is 11.4 Å². The van der Waals surface area contributed by atoms with E-state index < -0.39 is 5.97 Å². The molecule has 2 aliphatic rings. The summed E-state index contributed by atoms with van der Waals surface area (Å²) in [6, 6.07) is 4.08. The van der Waals surface area contributed by atoms with E-state index in [1.807, 2.05) is 13.0 Å². The number of carboxylic acids is 1. The van der Waals surface area contributed by atoms with Gasteiger partial charge in [0.1, 0.15) is 11.9 Å². The molecule has 2 unspecified atom stereocenters. The van der Waals surface area contributed by atoms with Crippen LogP contribution >= 0.6 is 11.6 Å². The molecule has 5 heteroatoms. The molecule has 1 aliphatic heterocycles. The number of carbonyl (C=O) groups is 1. The van der Waals surface area contributed by atoms with Crippen molar-refractivity contribution in [2.24, 2.45) is 5.73 Å². The largest absolute Gasteiger partial charge is 0.488 e. The standard InChI is InChI=1S/C12H13ClO3.C6H13N/c1-6-7(2)16-12-9(6)3-8(4-10(12)13)5-11(14)15;7-6-4-2-1-3-5-6/h3-4,6-7H,5H2,1-2H3,(H,14,15);6H,1-5,7H2. The number of aliphatic carboxylic acids is 1.